The Morgan fingerprint density at radius 1 is 0.267 bits per heavy atom. The highest BCUT2D eigenvalue weighted by Gasteiger charge is 2.24. The number of hydrogen-bond donors (Lipinski definition) is 0. The molecule has 0 aliphatic rings. The van der Waals surface area contributed by atoms with Gasteiger partial charge < -0.3 is 0 Å². The number of hydrogen-bond acceptors (Lipinski definition) is 5. The van der Waals surface area contributed by atoms with Crippen molar-refractivity contribution in [2.75, 3.05) is 0 Å². The predicted molar refractivity (Wildman–Crippen MR) is 256 cm³/mol. The highest BCUT2D eigenvalue weighted by molar-refractivity contribution is 7.26. The maximum Gasteiger partial charge on any atom is 0.165 e. The zero-order chi connectivity index (χ0) is 39.6. The summed E-state index contributed by atoms with van der Waals surface area (Å²) in [6.45, 7) is 0. The van der Waals surface area contributed by atoms with E-state index in [0.29, 0.717) is 17.5 Å². The predicted octanol–water partition coefficient (Wildman–Crippen LogP) is 15.8. The first-order chi connectivity index (χ1) is 29.8. The smallest absolute Gasteiger partial charge is 0.165 e. The molecule has 0 N–H and O–H groups in total. The molecule has 0 aliphatic heterocycles. The fraction of sp³-hybridized carbons (Fsp3) is 0. The first-order valence-electron chi connectivity index (χ1n) is 20.1. The van der Waals surface area contributed by atoms with Crippen LogP contribution >= 0.6 is 22.7 Å². The molecule has 9 aromatic carbocycles. The highest BCUT2D eigenvalue weighted by atomic mass is 32.1. The topological polar surface area (TPSA) is 38.7 Å². The average molecular weight is 800 g/mol. The standard InChI is InChI=1S/C55H33N3S2/c1-3-17-35(18-4-1)49-41(38-25-13-21-34-16-7-8-22-37(34)38)32-33-44(50(49)36-19-5-2-6-20-36)53-56-54(45-28-14-26-42-39-23-9-11-30-47(39)59-51(42)45)58-55(57-53)46-29-15-27-43-40-24-10-12-31-48(40)60-52(43)46/h1-33H. The Labute approximate surface area is 354 Å². The average Bonchev–Trinajstić information content (AvgIpc) is 3.90. The van der Waals surface area contributed by atoms with E-state index in [2.05, 4.69) is 200 Å². The second-order valence-corrected chi connectivity index (χ2v) is 17.1. The van der Waals surface area contributed by atoms with Gasteiger partial charge in [0.05, 0.1) is 0 Å². The molecule has 60 heavy (non-hydrogen) atoms. The van der Waals surface area contributed by atoms with Gasteiger partial charge in [0.1, 0.15) is 0 Å². The van der Waals surface area contributed by atoms with E-state index in [1.807, 2.05) is 0 Å². The summed E-state index contributed by atoms with van der Waals surface area (Å²) in [6, 6.07) is 71.5. The zero-order valence-electron chi connectivity index (χ0n) is 32.2. The summed E-state index contributed by atoms with van der Waals surface area (Å²) in [5, 5.41) is 7.31. The van der Waals surface area contributed by atoms with Crippen molar-refractivity contribution in [1.82, 2.24) is 15.0 Å². The monoisotopic (exact) mass is 799 g/mol. The fourth-order valence-electron chi connectivity index (χ4n) is 8.87. The molecule has 0 radical (unpaired) electrons. The molecule has 0 unspecified atom stereocenters. The number of benzene rings is 9. The van der Waals surface area contributed by atoms with E-state index < -0.39 is 0 Å². The molecule has 3 aromatic heterocycles. The molecule has 0 aliphatic carbocycles. The Morgan fingerprint density at radius 3 is 1.25 bits per heavy atom. The van der Waals surface area contributed by atoms with Crippen LogP contribution in [0.15, 0.2) is 200 Å². The number of aromatic nitrogens is 3. The van der Waals surface area contributed by atoms with E-state index in [0.717, 1.165) is 44.5 Å². The van der Waals surface area contributed by atoms with Crippen LogP contribution in [-0.4, -0.2) is 15.0 Å². The Bertz CT molecular complexity index is 3470. The summed E-state index contributed by atoms with van der Waals surface area (Å²) in [5.41, 5.74) is 9.71. The van der Waals surface area contributed by atoms with Gasteiger partial charge >= 0.3 is 0 Å². The van der Waals surface area contributed by atoms with E-state index >= 15 is 0 Å². The molecular formula is C55H33N3S2. The molecule has 12 aromatic rings. The summed E-state index contributed by atoms with van der Waals surface area (Å²) in [5.74, 6) is 1.94. The Kier molecular flexibility index (Phi) is 8.22. The third kappa shape index (κ3) is 5.66. The van der Waals surface area contributed by atoms with Crippen molar-refractivity contribution < 1.29 is 0 Å². The third-order valence-electron chi connectivity index (χ3n) is 11.6. The van der Waals surface area contributed by atoms with Crippen LogP contribution in [0, 0.1) is 0 Å². The summed E-state index contributed by atoms with van der Waals surface area (Å²) >= 11 is 3.59. The van der Waals surface area contributed by atoms with Crippen molar-refractivity contribution in [3.63, 3.8) is 0 Å². The van der Waals surface area contributed by atoms with Crippen LogP contribution in [0.25, 0.3) is 119 Å². The van der Waals surface area contributed by atoms with Crippen LogP contribution in [0.2, 0.25) is 0 Å². The molecule has 280 valence electrons. The molecule has 3 heterocycles. The lowest BCUT2D eigenvalue weighted by atomic mass is 9.83. The number of fused-ring (bicyclic) bond motifs is 7. The van der Waals surface area contributed by atoms with Gasteiger partial charge in [0.25, 0.3) is 0 Å². The van der Waals surface area contributed by atoms with Crippen molar-refractivity contribution in [2.45, 2.75) is 0 Å². The Morgan fingerprint density at radius 2 is 0.667 bits per heavy atom. The fourth-order valence-corrected chi connectivity index (χ4v) is 11.3. The molecule has 0 saturated heterocycles. The van der Waals surface area contributed by atoms with E-state index in [4.69, 9.17) is 15.0 Å². The van der Waals surface area contributed by atoms with Gasteiger partial charge in [0, 0.05) is 62.6 Å². The van der Waals surface area contributed by atoms with Gasteiger partial charge in [-0.1, -0.05) is 170 Å². The molecule has 5 heteroatoms. The normalized spacial score (nSPS) is 11.7. The summed E-state index contributed by atoms with van der Waals surface area (Å²) < 4.78 is 4.82. The van der Waals surface area contributed by atoms with E-state index in [1.165, 1.54) is 56.7 Å². The van der Waals surface area contributed by atoms with Crippen LogP contribution in [0.5, 0.6) is 0 Å². The maximum atomic E-state index is 5.50. The Balaban J connectivity index is 1.19. The summed E-state index contributed by atoms with van der Waals surface area (Å²) in [7, 11) is 0. The number of rotatable bonds is 6. The first-order valence-corrected chi connectivity index (χ1v) is 21.7. The lowest BCUT2D eigenvalue weighted by Crippen LogP contribution is -2.02. The summed E-state index contributed by atoms with van der Waals surface area (Å²) in [6.07, 6.45) is 0. The van der Waals surface area contributed by atoms with Gasteiger partial charge in [-0.25, -0.2) is 15.0 Å². The highest BCUT2D eigenvalue weighted by Crippen LogP contribution is 2.48. The van der Waals surface area contributed by atoms with Gasteiger partial charge in [-0.15, -0.1) is 22.7 Å². The molecule has 0 amide bonds. The molecule has 12 rings (SSSR count). The number of thiophene rings is 2. The van der Waals surface area contributed by atoms with Crippen molar-refractivity contribution in [1.29, 1.82) is 0 Å². The van der Waals surface area contributed by atoms with Crippen molar-refractivity contribution >= 4 is 73.8 Å². The lowest BCUT2D eigenvalue weighted by Gasteiger charge is -2.21. The summed E-state index contributed by atoms with van der Waals surface area (Å²) in [4.78, 5) is 16.4. The van der Waals surface area contributed by atoms with Gasteiger partial charge in [0.15, 0.2) is 17.5 Å². The van der Waals surface area contributed by atoms with Crippen LogP contribution in [0.1, 0.15) is 0 Å². The number of nitrogens with zero attached hydrogens (tertiary/aromatic N) is 3. The third-order valence-corrected chi connectivity index (χ3v) is 14.0. The SMILES string of the molecule is c1ccc(-c2c(-c3nc(-c4cccc5c4sc4ccccc45)nc(-c4cccc5c4sc4ccccc45)n3)ccc(-c3cccc4ccccc34)c2-c2ccccc2)cc1. The van der Waals surface area contributed by atoms with Gasteiger partial charge in [-0.05, 0) is 68.9 Å². The first kappa shape index (κ1) is 34.7. The molecule has 0 atom stereocenters. The van der Waals surface area contributed by atoms with E-state index in [-0.39, 0.29) is 0 Å². The molecular weight excluding hydrogens is 767 g/mol. The molecule has 0 bridgehead atoms. The molecule has 0 saturated carbocycles. The van der Waals surface area contributed by atoms with E-state index in [1.54, 1.807) is 22.7 Å². The minimum absolute atomic E-state index is 0.631. The van der Waals surface area contributed by atoms with Crippen LogP contribution in [-0.2, 0) is 0 Å². The van der Waals surface area contributed by atoms with Crippen LogP contribution in [0.4, 0.5) is 0 Å². The van der Waals surface area contributed by atoms with E-state index in [9.17, 15) is 0 Å². The van der Waals surface area contributed by atoms with Gasteiger partial charge in [-0.2, -0.15) is 0 Å². The largest absolute Gasteiger partial charge is 0.208 e. The van der Waals surface area contributed by atoms with Crippen LogP contribution in [0.3, 0.4) is 0 Å². The van der Waals surface area contributed by atoms with Crippen molar-refractivity contribution in [2.24, 2.45) is 0 Å². The van der Waals surface area contributed by atoms with Gasteiger partial charge in [0.2, 0.25) is 0 Å². The van der Waals surface area contributed by atoms with Crippen molar-refractivity contribution in [3.05, 3.63) is 200 Å². The molecule has 0 fully saturated rings. The van der Waals surface area contributed by atoms with Crippen molar-refractivity contribution in [3.8, 4) is 67.5 Å². The maximum absolute atomic E-state index is 5.50. The molecule has 3 nitrogen and oxygen atoms in total. The quantitative estimate of drug-likeness (QED) is 0.168. The zero-order valence-corrected chi connectivity index (χ0v) is 33.8. The lowest BCUT2D eigenvalue weighted by molar-refractivity contribution is 1.08. The van der Waals surface area contributed by atoms with Gasteiger partial charge in [-0.3, -0.25) is 0 Å². The van der Waals surface area contributed by atoms with Crippen LogP contribution < -0.4 is 0 Å². The second kappa shape index (κ2) is 14.2. The second-order valence-electron chi connectivity index (χ2n) is 15.0. The minimum Gasteiger partial charge on any atom is -0.208 e. The molecule has 0 spiro atoms. The Hall–Kier alpha value is -7.31. The minimum atomic E-state index is 0.631.